The maximum atomic E-state index is 9.86. The quantitative estimate of drug-likeness (QED) is 0.0750. The summed E-state index contributed by atoms with van der Waals surface area (Å²) in [5.74, 6) is 5.50. The summed E-state index contributed by atoms with van der Waals surface area (Å²) in [6.07, 6.45) is 7.43. The molecule has 0 amide bonds. The summed E-state index contributed by atoms with van der Waals surface area (Å²) in [5.41, 5.74) is 7.86. The number of phenolic OH excluding ortho intramolecular Hbond substituents is 2. The fourth-order valence-corrected chi connectivity index (χ4v) is 9.50. The van der Waals surface area contributed by atoms with Gasteiger partial charge in [0.1, 0.15) is 34.5 Å². The lowest BCUT2D eigenvalue weighted by atomic mass is 9.66. The fourth-order valence-electron chi connectivity index (χ4n) is 9.50. The SMILES string of the molecule is COc1ccc(C(C)C(C)(CCCC(C)(C)c2ccc(OC)cc2)c2ccc(O)cc2)cc1.COc1ccc(CCC(C)(CCC(c2ccc(OC)cc2)C(C)C)c2ccc(O)cc2)cc1. The van der Waals surface area contributed by atoms with Crippen LogP contribution in [-0.4, -0.2) is 38.7 Å². The highest BCUT2D eigenvalue weighted by molar-refractivity contribution is 5.39. The minimum absolute atomic E-state index is 0.00718. The molecular formula is C60H76O6. The van der Waals surface area contributed by atoms with Crippen LogP contribution in [0.4, 0.5) is 0 Å². The first-order valence-electron chi connectivity index (χ1n) is 23.7. The van der Waals surface area contributed by atoms with Crippen LogP contribution in [0.1, 0.15) is 132 Å². The number of hydrogen-bond acceptors (Lipinski definition) is 6. The van der Waals surface area contributed by atoms with Crippen molar-refractivity contribution in [1.82, 2.24) is 0 Å². The van der Waals surface area contributed by atoms with Gasteiger partial charge in [-0.25, -0.2) is 0 Å². The van der Waals surface area contributed by atoms with Gasteiger partial charge >= 0.3 is 0 Å². The third-order valence-corrected chi connectivity index (χ3v) is 14.5. The average Bonchev–Trinajstić information content (AvgIpc) is 3.34. The zero-order chi connectivity index (χ0) is 47.9. The van der Waals surface area contributed by atoms with E-state index in [1.807, 2.05) is 48.5 Å². The standard InChI is InChI=1S/2C30H38O3/c1-22(23-8-16-27(32-5)17-9-23)30(4,25-10-14-26(31)15-11-25)21-7-20-29(2,3)24-12-18-28(33-6)19-13-24;1-22(2)29(24-8-16-28(33-5)17-9-24)19-21-30(3,25-10-12-26(31)13-11-25)20-18-23-6-14-27(32-4)15-7-23/h8-19,22,31H,7,20-21H2,1-6H3;6-17,22,29,31H,18-21H2,1-5H3. The molecule has 6 heteroatoms. The molecule has 6 aromatic carbocycles. The molecule has 0 fully saturated rings. The Hall–Kier alpha value is -5.88. The van der Waals surface area contributed by atoms with E-state index >= 15 is 0 Å². The summed E-state index contributed by atoms with van der Waals surface area (Å²) in [4.78, 5) is 0. The topological polar surface area (TPSA) is 77.4 Å². The summed E-state index contributed by atoms with van der Waals surface area (Å²) in [6.45, 7) is 16.3. The van der Waals surface area contributed by atoms with E-state index in [9.17, 15) is 10.2 Å². The van der Waals surface area contributed by atoms with Gasteiger partial charge in [0.25, 0.3) is 0 Å². The first kappa shape index (κ1) is 51.1. The van der Waals surface area contributed by atoms with E-state index in [1.165, 1.54) is 33.4 Å². The second-order valence-electron chi connectivity index (χ2n) is 19.5. The summed E-state index contributed by atoms with van der Waals surface area (Å²) in [7, 11) is 6.81. The molecule has 6 rings (SSSR count). The Morgan fingerprint density at radius 2 is 0.848 bits per heavy atom. The van der Waals surface area contributed by atoms with Crippen molar-refractivity contribution < 1.29 is 29.2 Å². The summed E-state index contributed by atoms with van der Waals surface area (Å²) >= 11 is 0. The second-order valence-corrected chi connectivity index (χ2v) is 19.5. The molecule has 0 aromatic heterocycles. The molecule has 0 heterocycles. The van der Waals surface area contributed by atoms with Crippen LogP contribution in [0.15, 0.2) is 146 Å². The third-order valence-electron chi connectivity index (χ3n) is 14.5. The van der Waals surface area contributed by atoms with Gasteiger partial charge in [-0.2, -0.15) is 0 Å². The first-order valence-corrected chi connectivity index (χ1v) is 23.7. The Morgan fingerprint density at radius 3 is 1.30 bits per heavy atom. The Balaban J connectivity index is 0.000000247. The molecule has 0 bridgehead atoms. The lowest BCUT2D eigenvalue weighted by Gasteiger charge is -2.38. The van der Waals surface area contributed by atoms with E-state index in [2.05, 4.69) is 133 Å². The minimum atomic E-state index is -0.0712. The van der Waals surface area contributed by atoms with Crippen molar-refractivity contribution >= 4 is 0 Å². The van der Waals surface area contributed by atoms with Gasteiger partial charge in [-0.15, -0.1) is 0 Å². The van der Waals surface area contributed by atoms with Crippen molar-refractivity contribution in [2.75, 3.05) is 28.4 Å². The van der Waals surface area contributed by atoms with E-state index in [0.29, 0.717) is 29.3 Å². The van der Waals surface area contributed by atoms with Crippen LogP contribution in [0, 0.1) is 5.92 Å². The van der Waals surface area contributed by atoms with E-state index < -0.39 is 0 Å². The van der Waals surface area contributed by atoms with Crippen molar-refractivity contribution in [2.45, 2.75) is 121 Å². The van der Waals surface area contributed by atoms with Crippen molar-refractivity contribution in [3.8, 4) is 34.5 Å². The zero-order valence-corrected chi connectivity index (χ0v) is 41.6. The number of phenols is 2. The number of ether oxygens (including phenoxy) is 4. The minimum Gasteiger partial charge on any atom is -0.508 e. The maximum absolute atomic E-state index is 9.86. The largest absolute Gasteiger partial charge is 0.508 e. The van der Waals surface area contributed by atoms with Gasteiger partial charge in [-0.3, -0.25) is 0 Å². The molecule has 6 nitrogen and oxygen atoms in total. The Kier molecular flexibility index (Phi) is 18.2. The smallest absolute Gasteiger partial charge is 0.118 e. The Morgan fingerprint density at radius 1 is 0.439 bits per heavy atom. The first-order chi connectivity index (χ1) is 31.5. The highest BCUT2D eigenvalue weighted by Crippen LogP contribution is 2.45. The van der Waals surface area contributed by atoms with E-state index in [4.69, 9.17) is 18.9 Å². The molecule has 0 radical (unpaired) electrons. The molecule has 4 atom stereocenters. The number of methoxy groups -OCH3 is 4. The van der Waals surface area contributed by atoms with E-state index in [1.54, 1.807) is 40.6 Å². The van der Waals surface area contributed by atoms with Gasteiger partial charge in [-0.1, -0.05) is 128 Å². The Labute approximate surface area is 397 Å². The highest BCUT2D eigenvalue weighted by Gasteiger charge is 2.35. The van der Waals surface area contributed by atoms with Crippen molar-refractivity contribution in [2.24, 2.45) is 5.92 Å². The van der Waals surface area contributed by atoms with Gasteiger partial charge < -0.3 is 29.2 Å². The third kappa shape index (κ3) is 13.6. The molecule has 352 valence electrons. The highest BCUT2D eigenvalue weighted by atomic mass is 16.5. The van der Waals surface area contributed by atoms with Crippen LogP contribution in [0.5, 0.6) is 34.5 Å². The normalized spacial score (nSPS) is 14.2. The molecule has 0 aliphatic carbocycles. The average molecular weight is 893 g/mol. The van der Waals surface area contributed by atoms with Crippen LogP contribution in [0.25, 0.3) is 0 Å². The molecular weight excluding hydrogens is 817 g/mol. The lowest BCUT2D eigenvalue weighted by Crippen LogP contribution is -2.30. The summed E-state index contributed by atoms with van der Waals surface area (Å²) < 4.78 is 21.3. The Bertz CT molecular complexity index is 2320. The predicted octanol–water partition coefficient (Wildman–Crippen LogP) is 15.1. The predicted molar refractivity (Wildman–Crippen MR) is 273 cm³/mol. The molecule has 0 aliphatic heterocycles. The fraction of sp³-hybridized carbons (Fsp3) is 0.400. The molecule has 0 spiro atoms. The summed E-state index contributed by atoms with van der Waals surface area (Å²) in [6, 6.07) is 49.3. The van der Waals surface area contributed by atoms with Gasteiger partial charge in [0, 0.05) is 0 Å². The van der Waals surface area contributed by atoms with Crippen molar-refractivity contribution in [3.63, 3.8) is 0 Å². The summed E-state index contributed by atoms with van der Waals surface area (Å²) in [5, 5.41) is 19.7. The van der Waals surface area contributed by atoms with Crippen LogP contribution < -0.4 is 18.9 Å². The van der Waals surface area contributed by atoms with Gasteiger partial charge in [0.15, 0.2) is 0 Å². The van der Waals surface area contributed by atoms with Crippen molar-refractivity contribution in [1.29, 1.82) is 0 Å². The molecule has 0 saturated carbocycles. The lowest BCUT2D eigenvalue weighted by molar-refractivity contribution is 0.329. The van der Waals surface area contributed by atoms with E-state index in [-0.39, 0.29) is 16.2 Å². The van der Waals surface area contributed by atoms with E-state index in [0.717, 1.165) is 67.9 Å². The monoisotopic (exact) mass is 893 g/mol. The van der Waals surface area contributed by atoms with Gasteiger partial charge in [-0.05, 0) is 179 Å². The molecule has 0 saturated heterocycles. The molecule has 66 heavy (non-hydrogen) atoms. The van der Waals surface area contributed by atoms with Crippen LogP contribution in [0.3, 0.4) is 0 Å². The maximum Gasteiger partial charge on any atom is 0.118 e. The number of benzene rings is 6. The molecule has 2 N–H and O–H groups in total. The van der Waals surface area contributed by atoms with Gasteiger partial charge in [0.05, 0.1) is 28.4 Å². The van der Waals surface area contributed by atoms with Gasteiger partial charge in [0.2, 0.25) is 0 Å². The van der Waals surface area contributed by atoms with Crippen molar-refractivity contribution in [3.05, 3.63) is 179 Å². The number of aromatic hydroxyl groups is 2. The molecule has 4 unspecified atom stereocenters. The van der Waals surface area contributed by atoms with Crippen LogP contribution in [-0.2, 0) is 22.7 Å². The number of hydrogen-bond donors (Lipinski definition) is 2. The second kappa shape index (κ2) is 23.5. The molecule has 0 aliphatic rings. The number of rotatable bonds is 21. The number of aryl methyl sites for hydroxylation is 1. The zero-order valence-electron chi connectivity index (χ0n) is 41.6. The van der Waals surface area contributed by atoms with Crippen LogP contribution >= 0.6 is 0 Å². The van der Waals surface area contributed by atoms with Crippen LogP contribution in [0.2, 0.25) is 0 Å². The molecule has 6 aromatic rings.